The van der Waals surface area contributed by atoms with E-state index in [1.807, 2.05) is 0 Å². The molecule has 1 nitrogen and oxygen atoms in total. The molecule has 0 amide bonds. The zero-order valence-electron chi connectivity index (χ0n) is 15.0. The monoisotopic (exact) mass is 279 g/mol. The Balaban J connectivity index is 1.96. The molecule has 118 valence electrons. The standard InChI is InChI=1S/C19H37N/c1-14-10-17(2,3)9-8-16(14)20-15-11-18(4,5)13-19(6,7)12-15/h14-16,20H,8-13H2,1-7H3. The minimum absolute atomic E-state index is 0.497. The molecule has 20 heavy (non-hydrogen) atoms. The van der Waals surface area contributed by atoms with Crippen LogP contribution in [0, 0.1) is 22.2 Å². The molecular formula is C19H37N. The number of nitrogens with one attached hydrogen (secondary N) is 1. The summed E-state index contributed by atoms with van der Waals surface area (Å²) in [6.45, 7) is 17.1. The van der Waals surface area contributed by atoms with Crippen LogP contribution in [-0.2, 0) is 0 Å². The van der Waals surface area contributed by atoms with Crippen LogP contribution in [0.25, 0.3) is 0 Å². The summed E-state index contributed by atoms with van der Waals surface area (Å²) in [5.41, 5.74) is 1.55. The number of hydrogen-bond donors (Lipinski definition) is 1. The van der Waals surface area contributed by atoms with Gasteiger partial charge in [-0.2, -0.15) is 0 Å². The first kappa shape index (κ1) is 16.3. The Morgan fingerprint density at radius 2 is 1.35 bits per heavy atom. The Kier molecular flexibility index (Phi) is 4.33. The van der Waals surface area contributed by atoms with Gasteiger partial charge in [0.1, 0.15) is 0 Å². The second-order valence-corrected chi connectivity index (χ2v) is 10.3. The van der Waals surface area contributed by atoms with Crippen LogP contribution in [0.5, 0.6) is 0 Å². The van der Waals surface area contributed by atoms with Crippen molar-refractivity contribution >= 4 is 0 Å². The summed E-state index contributed by atoms with van der Waals surface area (Å²) in [5.74, 6) is 0.826. The Labute approximate surface area is 127 Å². The Morgan fingerprint density at radius 1 is 0.800 bits per heavy atom. The molecule has 0 aromatic rings. The van der Waals surface area contributed by atoms with Crippen LogP contribution in [0.3, 0.4) is 0 Å². The van der Waals surface area contributed by atoms with E-state index in [-0.39, 0.29) is 0 Å². The lowest BCUT2D eigenvalue weighted by Gasteiger charge is -2.48. The average molecular weight is 280 g/mol. The van der Waals surface area contributed by atoms with E-state index in [0.29, 0.717) is 16.2 Å². The first-order valence-corrected chi connectivity index (χ1v) is 8.74. The quantitative estimate of drug-likeness (QED) is 0.714. The van der Waals surface area contributed by atoms with Gasteiger partial charge in [0.2, 0.25) is 0 Å². The molecule has 2 aliphatic rings. The van der Waals surface area contributed by atoms with E-state index >= 15 is 0 Å². The number of hydrogen-bond acceptors (Lipinski definition) is 1. The van der Waals surface area contributed by atoms with Crippen LogP contribution < -0.4 is 5.32 Å². The van der Waals surface area contributed by atoms with Gasteiger partial charge in [0.25, 0.3) is 0 Å². The smallest absolute Gasteiger partial charge is 0.00956 e. The van der Waals surface area contributed by atoms with Crippen molar-refractivity contribution in [2.45, 2.75) is 99.1 Å². The minimum Gasteiger partial charge on any atom is -0.311 e. The molecule has 2 saturated carbocycles. The SMILES string of the molecule is CC1CC(C)(C)CCC1NC1CC(C)(C)CC(C)(C)C1. The van der Waals surface area contributed by atoms with E-state index in [4.69, 9.17) is 0 Å². The zero-order chi connectivity index (χ0) is 15.2. The van der Waals surface area contributed by atoms with Gasteiger partial charge in [-0.25, -0.2) is 0 Å². The fraction of sp³-hybridized carbons (Fsp3) is 1.00. The van der Waals surface area contributed by atoms with Crippen molar-refractivity contribution in [3.63, 3.8) is 0 Å². The largest absolute Gasteiger partial charge is 0.311 e. The van der Waals surface area contributed by atoms with E-state index in [1.165, 1.54) is 38.5 Å². The lowest BCUT2D eigenvalue weighted by Crippen LogP contribution is -2.51. The summed E-state index contributed by atoms with van der Waals surface area (Å²) in [5, 5.41) is 4.06. The highest BCUT2D eigenvalue weighted by Crippen LogP contribution is 2.46. The van der Waals surface area contributed by atoms with E-state index in [2.05, 4.69) is 53.8 Å². The van der Waals surface area contributed by atoms with Crippen LogP contribution >= 0.6 is 0 Å². The van der Waals surface area contributed by atoms with E-state index in [0.717, 1.165) is 18.0 Å². The average Bonchev–Trinajstić information content (AvgIpc) is 2.16. The summed E-state index contributed by atoms with van der Waals surface area (Å²) in [6, 6.07) is 1.47. The third kappa shape index (κ3) is 4.23. The van der Waals surface area contributed by atoms with Crippen molar-refractivity contribution in [1.29, 1.82) is 0 Å². The third-order valence-electron chi connectivity index (χ3n) is 5.70. The summed E-state index contributed by atoms with van der Waals surface area (Å²) in [6.07, 6.45) is 8.20. The molecule has 0 radical (unpaired) electrons. The summed E-state index contributed by atoms with van der Waals surface area (Å²) < 4.78 is 0. The second-order valence-electron chi connectivity index (χ2n) is 10.3. The summed E-state index contributed by atoms with van der Waals surface area (Å²) in [7, 11) is 0. The van der Waals surface area contributed by atoms with Crippen LogP contribution in [0.2, 0.25) is 0 Å². The molecule has 2 fully saturated rings. The highest BCUT2D eigenvalue weighted by atomic mass is 15.0. The molecular weight excluding hydrogens is 242 g/mol. The molecule has 0 heterocycles. The van der Waals surface area contributed by atoms with E-state index < -0.39 is 0 Å². The minimum atomic E-state index is 0.497. The second kappa shape index (κ2) is 5.30. The predicted molar refractivity (Wildman–Crippen MR) is 88.9 cm³/mol. The van der Waals surface area contributed by atoms with Gasteiger partial charge in [-0.05, 0) is 60.7 Å². The predicted octanol–water partition coefficient (Wildman–Crippen LogP) is 5.40. The first-order chi connectivity index (χ1) is 8.98. The molecule has 2 aliphatic carbocycles. The van der Waals surface area contributed by atoms with Gasteiger partial charge in [0, 0.05) is 12.1 Å². The molecule has 1 N–H and O–H groups in total. The normalized spacial score (nSPS) is 36.8. The molecule has 1 heteroatoms. The van der Waals surface area contributed by atoms with Gasteiger partial charge in [0.15, 0.2) is 0 Å². The summed E-state index contributed by atoms with van der Waals surface area (Å²) in [4.78, 5) is 0. The molecule has 0 aliphatic heterocycles. The van der Waals surface area contributed by atoms with Crippen molar-refractivity contribution in [2.24, 2.45) is 22.2 Å². The Hall–Kier alpha value is -0.0400. The van der Waals surface area contributed by atoms with Gasteiger partial charge in [-0.3, -0.25) is 0 Å². The van der Waals surface area contributed by atoms with Crippen molar-refractivity contribution in [2.75, 3.05) is 0 Å². The lowest BCUT2D eigenvalue weighted by atomic mass is 9.63. The van der Waals surface area contributed by atoms with Gasteiger partial charge in [0.05, 0.1) is 0 Å². The molecule has 0 aromatic carbocycles. The Morgan fingerprint density at radius 3 is 1.85 bits per heavy atom. The van der Waals surface area contributed by atoms with Crippen LogP contribution in [0.15, 0.2) is 0 Å². The van der Waals surface area contributed by atoms with Gasteiger partial charge in [-0.15, -0.1) is 0 Å². The summed E-state index contributed by atoms with van der Waals surface area (Å²) >= 11 is 0. The molecule has 0 saturated heterocycles. The van der Waals surface area contributed by atoms with Crippen LogP contribution in [0.4, 0.5) is 0 Å². The number of rotatable bonds is 2. The van der Waals surface area contributed by atoms with Crippen molar-refractivity contribution in [1.82, 2.24) is 5.32 Å². The van der Waals surface area contributed by atoms with Crippen LogP contribution in [0.1, 0.15) is 87.0 Å². The zero-order valence-corrected chi connectivity index (χ0v) is 15.0. The van der Waals surface area contributed by atoms with E-state index in [1.54, 1.807) is 0 Å². The van der Waals surface area contributed by atoms with Gasteiger partial charge in [-0.1, -0.05) is 48.5 Å². The van der Waals surface area contributed by atoms with Crippen LogP contribution in [-0.4, -0.2) is 12.1 Å². The molecule has 2 rings (SSSR count). The topological polar surface area (TPSA) is 12.0 Å². The van der Waals surface area contributed by atoms with Crippen molar-refractivity contribution in [3.8, 4) is 0 Å². The van der Waals surface area contributed by atoms with Crippen molar-refractivity contribution in [3.05, 3.63) is 0 Å². The lowest BCUT2D eigenvalue weighted by molar-refractivity contribution is 0.0632. The Bertz CT molecular complexity index is 324. The maximum absolute atomic E-state index is 4.06. The van der Waals surface area contributed by atoms with Gasteiger partial charge >= 0.3 is 0 Å². The van der Waals surface area contributed by atoms with Crippen molar-refractivity contribution < 1.29 is 0 Å². The fourth-order valence-electron chi connectivity index (χ4n) is 5.46. The van der Waals surface area contributed by atoms with E-state index in [9.17, 15) is 0 Å². The molecule has 0 bridgehead atoms. The molecule has 0 aromatic heterocycles. The maximum atomic E-state index is 4.06. The van der Waals surface area contributed by atoms with Gasteiger partial charge < -0.3 is 5.32 Å². The molecule has 2 unspecified atom stereocenters. The third-order valence-corrected chi connectivity index (χ3v) is 5.70. The molecule has 2 atom stereocenters. The molecule has 0 spiro atoms. The highest BCUT2D eigenvalue weighted by Gasteiger charge is 2.40. The fourth-order valence-corrected chi connectivity index (χ4v) is 5.46. The maximum Gasteiger partial charge on any atom is 0.00956 e. The highest BCUT2D eigenvalue weighted by molar-refractivity contribution is 4.95. The first-order valence-electron chi connectivity index (χ1n) is 8.74.